The van der Waals surface area contributed by atoms with Crippen LogP contribution in [0.2, 0.25) is 0 Å². The van der Waals surface area contributed by atoms with Gasteiger partial charge in [0.05, 0.1) is 0 Å². The maximum atomic E-state index is 6.02. The van der Waals surface area contributed by atoms with Crippen molar-refractivity contribution in [1.29, 1.82) is 0 Å². The second-order valence-corrected chi connectivity index (χ2v) is 7.51. The number of thiophene rings is 1. The highest BCUT2D eigenvalue weighted by Crippen LogP contribution is 2.30. The Kier molecular flexibility index (Phi) is 4.05. The van der Waals surface area contributed by atoms with Crippen molar-refractivity contribution in [2.24, 2.45) is 0 Å². The van der Waals surface area contributed by atoms with E-state index in [1.807, 2.05) is 11.3 Å². The highest BCUT2D eigenvalue weighted by Gasteiger charge is 2.23. The Morgan fingerprint density at radius 1 is 1.29 bits per heavy atom. The lowest BCUT2D eigenvalue weighted by Crippen LogP contribution is -2.31. The molecular formula is C18H23NOS. The highest BCUT2D eigenvalue weighted by atomic mass is 32.1. The van der Waals surface area contributed by atoms with E-state index in [-0.39, 0.29) is 6.10 Å². The largest absolute Gasteiger partial charge is 0.488 e. The minimum Gasteiger partial charge on any atom is -0.488 e. The maximum Gasteiger partial charge on any atom is 0.123 e. The van der Waals surface area contributed by atoms with Gasteiger partial charge in [0.15, 0.2) is 0 Å². The molecule has 2 unspecified atom stereocenters. The Labute approximate surface area is 131 Å². The number of aryl methyl sites for hydroxylation is 3. The first kappa shape index (κ1) is 14.6. The van der Waals surface area contributed by atoms with E-state index in [2.05, 4.69) is 57.3 Å². The summed E-state index contributed by atoms with van der Waals surface area (Å²) in [5.74, 6) is 1.06. The molecule has 1 aliphatic heterocycles. The monoisotopic (exact) mass is 301 g/mol. The van der Waals surface area contributed by atoms with Gasteiger partial charge in [0.25, 0.3) is 0 Å². The molecule has 2 aromatic rings. The molecule has 0 aliphatic carbocycles. The van der Waals surface area contributed by atoms with Crippen LogP contribution >= 0.6 is 11.3 Å². The fourth-order valence-corrected chi connectivity index (χ4v) is 4.08. The Hall–Kier alpha value is -1.32. The third-order valence-electron chi connectivity index (χ3n) is 4.15. The smallest absolute Gasteiger partial charge is 0.123 e. The number of ether oxygens (including phenoxy) is 1. The van der Waals surface area contributed by atoms with Gasteiger partial charge < -0.3 is 10.1 Å². The fraction of sp³-hybridized carbons (Fsp3) is 0.444. The maximum absolute atomic E-state index is 6.02. The minimum atomic E-state index is 0.254. The molecule has 2 heterocycles. The van der Waals surface area contributed by atoms with Crippen LogP contribution in [0.15, 0.2) is 24.3 Å². The molecule has 0 saturated carbocycles. The van der Waals surface area contributed by atoms with E-state index in [1.54, 1.807) is 0 Å². The number of hydrogen-bond donors (Lipinski definition) is 1. The normalized spacial score (nSPS) is 18.4. The van der Waals surface area contributed by atoms with Crippen LogP contribution in [-0.2, 0) is 6.42 Å². The van der Waals surface area contributed by atoms with Crippen LogP contribution in [-0.4, -0.2) is 12.6 Å². The standard InChI is InChI=1S/C18H23NOS/c1-11-5-6-18-15(7-11)9-16(20-18)10-19-13(3)17-8-12(2)21-14(17)4/h5-8,13,16,19H,9-10H2,1-4H3. The topological polar surface area (TPSA) is 21.3 Å². The lowest BCUT2D eigenvalue weighted by atomic mass is 10.1. The van der Waals surface area contributed by atoms with Crippen molar-refractivity contribution in [3.05, 3.63) is 50.7 Å². The van der Waals surface area contributed by atoms with Crippen molar-refractivity contribution >= 4 is 11.3 Å². The van der Waals surface area contributed by atoms with E-state index in [1.165, 1.54) is 26.4 Å². The summed E-state index contributed by atoms with van der Waals surface area (Å²) in [5.41, 5.74) is 4.07. The molecule has 0 bridgehead atoms. The number of rotatable bonds is 4. The average Bonchev–Trinajstić information content (AvgIpc) is 2.98. The van der Waals surface area contributed by atoms with Gasteiger partial charge in [0.2, 0.25) is 0 Å². The quantitative estimate of drug-likeness (QED) is 0.907. The van der Waals surface area contributed by atoms with E-state index in [9.17, 15) is 0 Å². The van der Waals surface area contributed by atoms with Crippen LogP contribution in [0.1, 0.15) is 39.4 Å². The second-order valence-electron chi connectivity index (χ2n) is 6.05. The van der Waals surface area contributed by atoms with Gasteiger partial charge in [-0.2, -0.15) is 0 Å². The Morgan fingerprint density at radius 2 is 2.10 bits per heavy atom. The van der Waals surface area contributed by atoms with Gasteiger partial charge in [0.1, 0.15) is 11.9 Å². The SMILES string of the molecule is Cc1ccc2c(c1)CC(CNC(C)c1cc(C)sc1C)O2. The van der Waals surface area contributed by atoms with Crippen LogP contribution in [0, 0.1) is 20.8 Å². The summed E-state index contributed by atoms with van der Waals surface area (Å²) >= 11 is 1.88. The lowest BCUT2D eigenvalue weighted by Gasteiger charge is -2.17. The predicted octanol–water partition coefficient (Wildman–Crippen LogP) is 4.33. The summed E-state index contributed by atoms with van der Waals surface area (Å²) in [6.07, 6.45) is 1.27. The molecule has 0 saturated heterocycles. The van der Waals surface area contributed by atoms with Crippen molar-refractivity contribution < 1.29 is 4.74 Å². The molecule has 3 heteroatoms. The molecule has 0 spiro atoms. The summed E-state index contributed by atoms with van der Waals surface area (Å²) < 4.78 is 6.02. The molecule has 3 rings (SSSR count). The van der Waals surface area contributed by atoms with E-state index >= 15 is 0 Å². The van der Waals surface area contributed by atoms with Crippen molar-refractivity contribution in [3.63, 3.8) is 0 Å². The highest BCUT2D eigenvalue weighted by molar-refractivity contribution is 7.12. The first-order valence-electron chi connectivity index (χ1n) is 7.59. The zero-order valence-corrected chi connectivity index (χ0v) is 14.0. The van der Waals surface area contributed by atoms with Gasteiger partial charge in [0, 0.05) is 28.8 Å². The number of hydrogen-bond acceptors (Lipinski definition) is 3. The molecule has 2 atom stereocenters. The van der Waals surface area contributed by atoms with Gasteiger partial charge in [-0.1, -0.05) is 17.7 Å². The first-order chi connectivity index (χ1) is 10.0. The van der Waals surface area contributed by atoms with E-state index in [0.717, 1.165) is 18.7 Å². The third-order valence-corrected chi connectivity index (χ3v) is 5.14. The van der Waals surface area contributed by atoms with Gasteiger partial charge in [-0.15, -0.1) is 11.3 Å². The molecule has 1 aliphatic rings. The number of fused-ring (bicyclic) bond motifs is 1. The molecule has 2 nitrogen and oxygen atoms in total. The Bertz CT molecular complexity index is 647. The van der Waals surface area contributed by atoms with Gasteiger partial charge >= 0.3 is 0 Å². The molecule has 1 aromatic heterocycles. The molecule has 0 radical (unpaired) electrons. The van der Waals surface area contributed by atoms with E-state index < -0.39 is 0 Å². The number of benzene rings is 1. The molecule has 112 valence electrons. The third kappa shape index (κ3) is 3.14. The van der Waals surface area contributed by atoms with Gasteiger partial charge in [-0.3, -0.25) is 0 Å². The van der Waals surface area contributed by atoms with Gasteiger partial charge in [-0.25, -0.2) is 0 Å². The zero-order valence-electron chi connectivity index (χ0n) is 13.2. The van der Waals surface area contributed by atoms with Crippen LogP contribution < -0.4 is 10.1 Å². The molecular weight excluding hydrogens is 278 g/mol. The van der Waals surface area contributed by atoms with Crippen LogP contribution in [0.25, 0.3) is 0 Å². The first-order valence-corrected chi connectivity index (χ1v) is 8.41. The van der Waals surface area contributed by atoms with Crippen LogP contribution in [0.3, 0.4) is 0 Å². The van der Waals surface area contributed by atoms with Crippen molar-refractivity contribution in [1.82, 2.24) is 5.32 Å². The predicted molar refractivity (Wildman–Crippen MR) is 89.5 cm³/mol. The second kappa shape index (κ2) is 5.82. The van der Waals surface area contributed by atoms with E-state index in [4.69, 9.17) is 4.74 Å². The summed E-state index contributed by atoms with van der Waals surface area (Å²) in [5, 5.41) is 3.63. The van der Waals surface area contributed by atoms with Crippen molar-refractivity contribution in [3.8, 4) is 5.75 Å². The summed E-state index contributed by atoms with van der Waals surface area (Å²) in [6.45, 7) is 9.64. The van der Waals surface area contributed by atoms with Gasteiger partial charge in [-0.05, 0) is 51.0 Å². The van der Waals surface area contributed by atoms with Crippen LogP contribution in [0.4, 0.5) is 0 Å². The Balaban J connectivity index is 1.58. The van der Waals surface area contributed by atoms with Crippen molar-refractivity contribution in [2.45, 2.75) is 46.3 Å². The summed E-state index contributed by atoms with van der Waals surface area (Å²) in [7, 11) is 0. The average molecular weight is 301 g/mol. The molecule has 21 heavy (non-hydrogen) atoms. The number of nitrogens with one attached hydrogen (secondary N) is 1. The molecule has 1 aromatic carbocycles. The Morgan fingerprint density at radius 3 is 2.81 bits per heavy atom. The molecule has 1 N–H and O–H groups in total. The van der Waals surface area contributed by atoms with Crippen LogP contribution in [0.5, 0.6) is 5.75 Å². The minimum absolute atomic E-state index is 0.254. The lowest BCUT2D eigenvalue weighted by molar-refractivity contribution is 0.222. The zero-order chi connectivity index (χ0) is 15.0. The summed E-state index contributed by atoms with van der Waals surface area (Å²) in [4.78, 5) is 2.80. The van der Waals surface area contributed by atoms with E-state index in [0.29, 0.717) is 6.04 Å². The molecule has 0 fully saturated rings. The van der Waals surface area contributed by atoms with Crippen molar-refractivity contribution in [2.75, 3.05) is 6.54 Å². The molecule has 0 amide bonds. The summed E-state index contributed by atoms with van der Waals surface area (Å²) in [6, 6.07) is 9.13. The fourth-order valence-electron chi connectivity index (χ4n) is 3.06.